The van der Waals surface area contributed by atoms with E-state index in [-0.39, 0.29) is 12.0 Å². The number of benzene rings is 2. The average molecular weight is 599 g/mol. The first-order valence-electron chi connectivity index (χ1n) is 13.3. The van der Waals surface area contributed by atoms with Gasteiger partial charge in [-0.1, -0.05) is 11.6 Å². The summed E-state index contributed by atoms with van der Waals surface area (Å²) in [5.74, 6) is 0.108. The fraction of sp³-hybridized carbons (Fsp3) is 0.188. The molecule has 42 heavy (non-hydrogen) atoms. The fourth-order valence-electron chi connectivity index (χ4n) is 5.04. The summed E-state index contributed by atoms with van der Waals surface area (Å²) in [4.78, 5) is 34.5. The third-order valence-electron chi connectivity index (χ3n) is 6.80. The Morgan fingerprint density at radius 3 is 2.67 bits per heavy atom. The van der Waals surface area contributed by atoms with Crippen molar-refractivity contribution >= 4 is 44.6 Å². The lowest BCUT2D eigenvalue weighted by atomic mass is 9.92. The van der Waals surface area contributed by atoms with E-state index in [0.29, 0.717) is 32.7 Å². The van der Waals surface area contributed by atoms with Crippen molar-refractivity contribution in [1.82, 2.24) is 18.9 Å². The van der Waals surface area contributed by atoms with Crippen LogP contribution < -0.4 is 10.3 Å². The van der Waals surface area contributed by atoms with Crippen molar-refractivity contribution in [3.63, 3.8) is 0 Å². The molecule has 212 valence electrons. The lowest BCUT2D eigenvalue weighted by Crippen LogP contribution is -2.23. The van der Waals surface area contributed by atoms with E-state index in [1.165, 1.54) is 15.9 Å². The van der Waals surface area contributed by atoms with Gasteiger partial charge in [-0.15, -0.1) is 11.3 Å². The van der Waals surface area contributed by atoms with Crippen LogP contribution in [0.5, 0.6) is 5.75 Å². The fourth-order valence-corrected chi connectivity index (χ4v) is 6.33. The molecule has 0 aliphatic heterocycles. The molecule has 4 aromatic heterocycles. The Hall–Kier alpha value is -4.47. The maximum Gasteiger partial charge on any atom is 0.307 e. The van der Waals surface area contributed by atoms with Crippen LogP contribution in [0, 0.1) is 6.92 Å². The van der Waals surface area contributed by atoms with E-state index >= 15 is 0 Å². The Morgan fingerprint density at radius 2 is 1.90 bits per heavy atom. The minimum absolute atomic E-state index is 0.160. The number of halogens is 1. The minimum atomic E-state index is -0.931. The van der Waals surface area contributed by atoms with E-state index in [4.69, 9.17) is 21.3 Å². The smallest absolute Gasteiger partial charge is 0.307 e. The zero-order chi connectivity index (χ0) is 29.8. The first-order valence-corrected chi connectivity index (χ1v) is 14.5. The molecule has 4 heterocycles. The van der Waals surface area contributed by atoms with Gasteiger partial charge in [-0.05, 0) is 87.4 Å². The summed E-state index contributed by atoms with van der Waals surface area (Å²) in [6.07, 6.45) is 6.82. The number of thiazole rings is 1. The first kappa shape index (κ1) is 27.7. The monoisotopic (exact) mass is 598 g/mol. The summed E-state index contributed by atoms with van der Waals surface area (Å²) in [5, 5.41) is 11.1. The highest BCUT2D eigenvalue weighted by molar-refractivity contribution is 7.22. The van der Waals surface area contributed by atoms with Gasteiger partial charge in [-0.25, -0.2) is 9.97 Å². The second kappa shape index (κ2) is 10.4. The molecular weight excluding hydrogens is 572 g/mol. The third-order valence-corrected chi connectivity index (χ3v) is 8.17. The maximum atomic E-state index is 13.1. The van der Waals surface area contributed by atoms with Crippen LogP contribution in [0.1, 0.15) is 31.9 Å². The molecular formula is C32H27ClN4O4S. The number of aryl methyl sites for hydroxylation is 1. The number of hydrogen-bond acceptors (Lipinski definition) is 6. The summed E-state index contributed by atoms with van der Waals surface area (Å²) in [7, 11) is 0. The molecule has 0 aliphatic carbocycles. The number of pyridine rings is 1. The van der Waals surface area contributed by atoms with Crippen molar-refractivity contribution in [3.8, 4) is 33.3 Å². The van der Waals surface area contributed by atoms with Gasteiger partial charge in [-0.2, -0.15) is 0 Å². The molecule has 2 aromatic carbocycles. The summed E-state index contributed by atoms with van der Waals surface area (Å²) in [5.41, 5.74) is 4.39. The molecule has 0 spiro atoms. The van der Waals surface area contributed by atoms with E-state index in [9.17, 15) is 14.7 Å². The van der Waals surface area contributed by atoms with E-state index < -0.39 is 11.6 Å². The number of hydrogen-bond donors (Lipinski definition) is 1. The number of carbonyl (C=O) groups is 1. The van der Waals surface area contributed by atoms with Crippen molar-refractivity contribution in [3.05, 3.63) is 99.8 Å². The van der Waals surface area contributed by atoms with Gasteiger partial charge in [0.1, 0.15) is 27.7 Å². The number of carboxylic acids is 1. The van der Waals surface area contributed by atoms with Crippen LogP contribution in [-0.2, 0) is 11.2 Å². The Kier molecular flexibility index (Phi) is 6.87. The van der Waals surface area contributed by atoms with Gasteiger partial charge >= 0.3 is 5.97 Å². The Balaban J connectivity index is 1.55. The lowest BCUT2D eigenvalue weighted by Gasteiger charge is -2.24. The molecule has 8 nitrogen and oxygen atoms in total. The molecule has 6 aromatic rings. The predicted octanol–water partition coefficient (Wildman–Crippen LogP) is 7.20. The number of ether oxygens (including phenoxy) is 1. The van der Waals surface area contributed by atoms with Gasteiger partial charge in [0.25, 0.3) is 5.56 Å². The minimum Gasteiger partial charge on any atom is -0.487 e. The van der Waals surface area contributed by atoms with Crippen LogP contribution in [0.25, 0.3) is 43.2 Å². The zero-order valence-corrected chi connectivity index (χ0v) is 25.0. The molecule has 0 bridgehead atoms. The van der Waals surface area contributed by atoms with Crippen LogP contribution in [0.15, 0.2) is 78.1 Å². The Bertz CT molecular complexity index is 2070. The average Bonchev–Trinajstić information content (AvgIpc) is 3.57. The number of nitrogens with zero attached hydrogens (tertiary/aromatic N) is 4. The van der Waals surface area contributed by atoms with Crippen LogP contribution in [0.2, 0.25) is 5.02 Å². The lowest BCUT2D eigenvalue weighted by molar-refractivity contribution is -0.136. The number of fused-ring (bicyclic) bond motifs is 2. The summed E-state index contributed by atoms with van der Waals surface area (Å²) in [6, 6.07) is 14.6. The first-order chi connectivity index (χ1) is 20.0. The van der Waals surface area contributed by atoms with Gasteiger partial charge in [0.05, 0.1) is 16.6 Å². The SMILES string of the molecule is Cc1cc2nc(-c3ccnc(-n4ccn5cccc5c4=O)c3)sc2c(-c2ccc(Cl)cc2OC(C)(C)C)c1CC(=O)O. The van der Waals surface area contributed by atoms with Crippen molar-refractivity contribution in [1.29, 1.82) is 0 Å². The van der Waals surface area contributed by atoms with Crippen molar-refractivity contribution in [2.24, 2.45) is 0 Å². The number of carboxylic acid groups (broad SMARTS) is 1. The largest absolute Gasteiger partial charge is 0.487 e. The summed E-state index contributed by atoms with van der Waals surface area (Å²) >= 11 is 7.83. The second-order valence-corrected chi connectivity index (χ2v) is 12.5. The van der Waals surface area contributed by atoms with Crippen molar-refractivity contribution in [2.75, 3.05) is 0 Å². The molecule has 0 aliphatic rings. The molecule has 0 radical (unpaired) electrons. The Labute approximate surface area is 250 Å². The van der Waals surface area contributed by atoms with Gasteiger partial charge in [0.2, 0.25) is 0 Å². The highest BCUT2D eigenvalue weighted by atomic mass is 35.5. The number of aliphatic carboxylic acids is 1. The van der Waals surface area contributed by atoms with Crippen LogP contribution in [0.4, 0.5) is 0 Å². The number of rotatable bonds is 6. The van der Waals surface area contributed by atoms with Gasteiger partial charge in [0, 0.05) is 46.5 Å². The van der Waals surface area contributed by atoms with Gasteiger partial charge in [0.15, 0.2) is 0 Å². The third kappa shape index (κ3) is 5.17. The topological polar surface area (TPSA) is 98.7 Å². The standard InChI is InChI=1S/C32H27ClN4O4S/c1-18-14-23-29(28(22(18)17-27(38)39)21-8-7-20(33)16-25(21)41-32(2,3)4)42-30(35-23)19-9-10-34-26(15-19)37-13-12-36-11-5-6-24(36)31(37)40/h5-16H,17H2,1-4H3,(H,38,39). The molecule has 0 fully saturated rings. The van der Waals surface area contributed by atoms with Crippen LogP contribution >= 0.6 is 22.9 Å². The van der Waals surface area contributed by atoms with E-state index in [0.717, 1.165) is 32.5 Å². The molecule has 6 rings (SSSR count). The molecule has 0 atom stereocenters. The predicted molar refractivity (Wildman–Crippen MR) is 166 cm³/mol. The van der Waals surface area contributed by atoms with E-state index in [2.05, 4.69) is 4.98 Å². The molecule has 0 unspecified atom stereocenters. The van der Waals surface area contributed by atoms with Crippen molar-refractivity contribution in [2.45, 2.75) is 39.7 Å². The molecule has 0 amide bonds. The van der Waals surface area contributed by atoms with Crippen LogP contribution in [-0.4, -0.2) is 35.6 Å². The van der Waals surface area contributed by atoms with E-state index in [1.807, 2.05) is 70.4 Å². The van der Waals surface area contributed by atoms with Crippen molar-refractivity contribution < 1.29 is 14.6 Å². The van der Waals surface area contributed by atoms with E-state index in [1.54, 1.807) is 35.0 Å². The molecule has 0 saturated heterocycles. The molecule has 1 N–H and O–H groups in total. The quantitative estimate of drug-likeness (QED) is 0.218. The molecule has 10 heteroatoms. The second-order valence-electron chi connectivity index (χ2n) is 11.0. The normalized spacial score (nSPS) is 11.8. The zero-order valence-electron chi connectivity index (χ0n) is 23.4. The highest BCUT2D eigenvalue weighted by Gasteiger charge is 2.24. The van der Waals surface area contributed by atoms with Crippen LogP contribution in [0.3, 0.4) is 0 Å². The number of aromatic nitrogens is 4. The molecule has 0 saturated carbocycles. The summed E-state index contributed by atoms with van der Waals surface area (Å²) in [6.45, 7) is 7.75. The Morgan fingerprint density at radius 1 is 1.10 bits per heavy atom. The highest BCUT2D eigenvalue weighted by Crippen LogP contribution is 2.45. The van der Waals surface area contributed by atoms with Gasteiger partial charge < -0.3 is 14.2 Å². The summed E-state index contributed by atoms with van der Waals surface area (Å²) < 4.78 is 10.4. The van der Waals surface area contributed by atoms with Gasteiger partial charge in [-0.3, -0.25) is 14.2 Å². The maximum absolute atomic E-state index is 13.1.